The van der Waals surface area contributed by atoms with Crippen LogP contribution in [0.25, 0.3) is 0 Å². The number of hydrogen-bond donors (Lipinski definition) is 2. The molecule has 0 aromatic rings. The molecule has 1 spiro atoms. The van der Waals surface area contributed by atoms with Crippen molar-refractivity contribution in [2.24, 2.45) is 0 Å². The van der Waals surface area contributed by atoms with Crippen LogP contribution < -0.4 is 10.0 Å². The second-order valence-electron chi connectivity index (χ2n) is 6.69. The van der Waals surface area contributed by atoms with Crippen LogP contribution in [0.5, 0.6) is 0 Å². The van der Waals surface area contributed by atoms with Crippen molar-refractivity contribution in [3.8, 4) is 0 Å². The number of sulfonamides is 1. The van der Waals surface area contributed by atoms with Gasteiger partial charge in [-0.15, -0.1) is 24.8 Å². The van der Waals surface area contributed by atoms with Gasteiger partial charge in [-0.3, -0.25) is 4.90 Å². The van der Waals surface area contributed by atoms with Crippen molar-refractivity contribution in [1.82, 2.24) is 14.9 Å². The van der Waals surface area contributed by atoms with Gasteiger partial charge in [0.15, 0.2) is 0 Å². The van der Waals surface area contributed by atoms with Gasteiger partial charge in [0.1, 0.15) is 0 Å². The molecule has 3 aliphatic rings. The highest BCUT2D eigenvalue weighted by molar-refractivity contribution is 7.90. The number of hydrogen-bond acceptors (Lipinski definition) is 5. The molecule has 3 fully saturated rings. The van der Waals surface area contributed by atoms with Gasteiger partial charge in [-0.05, 0) is 32.6 Å². The van der Waals surface area contributed by atoms with Gasteiger partial charge in [0.2, 0.25) is 10.0 Å². The Bertz CT molecular complexity index is 458. The predicted molar refractivity (Wildman–Crippen MR) is 96.3 cm³/mol. The summed E-state index contributed by atoms with van der Waals surface area (Å²) >= 11 is 0. The summed E-state index contributed by atoms with van der Waals surface area (Å²) in [5.74, 6) is 0. The minimum atomic E-state index is -3.06. The lowest BCUT2D eigenvalue weighted by Gasteiger charge is -2.45. The lowest BCUT2D eigenvalue weighted by Crippen LogP contribution is -2.57. The van der Waals surface area contributed by atoms with Crippen molar-refractivity contribution in [3.05, 3.63) is 0 Å². The van der Waals surface area contributed by atoms with Crippen LogP contribution in [-0.4, -0.2) is 69.5 Å². The van der Waals surface area contributed by atoms with Crippen LogP contribution >= 0.6 is 24.8 Å². The van der Waals surface area contributed by atoms with Crippen LogP contribution in [0.1, 0.15) is 32.6 Å². The molecule has 0 aromatic heterocycles. The highest BCUT2D eigenvalue weighted by Crippen LogP contribution is 2.29. The van der Waals surface area contributed by atoms with Crippen molar-refractivity contribution in [3.63, 3.8) is 0 Å². The van der Waals surface area contributed by atoms with Crippen LogP contribution in [0, 0.1) is 0 Å². The molecule has 0 radical (unpaired) electrons. The Balaban J connectivity index is 0.00000132. The maximum atomic E-state index is 11.9. The first-order valence-corrected chi connectivity index (χ1v) is 9.63. The molecule has 2 heterocycles. The molecule has 3 rings (SSSR count). The average molecular weight is 390 g/mol. The molecule has 6 nitrogen and oxygen atoms in total. The Morgan fingerprint density at radius 2 is 1.96 bits per heavy atom. The van der Waals surface area contributed by atoms with Crippen molar-refractivity contribution in [2.75, 3.05) is 39.3 Å². The molecule has 1 aliphatic carbocycles. The predicted octanol–water partition coefficient (Wildman–Crippen LogP) is 0.755. The largest absolute Gasteiger partial charge is 0.372 e. The fourth-order valence-electron chi connectivity index (χ4n) is 3.26. The molecule has 2 N–H and O–H groups in total. The molecular formula is C14H29Cl2N3O3S. The maximum absolute atomic E-state index is 11.9. The molecular weight excluding hydrogens is 361 g/mol. The van der Waals surface area contributed by atoms with E-state index in [1.807, 2.05) is 0 Å². The van der Waals surface area contributed by atoms with E-state index in [1.165, 1.54) is 0 Å². The Labute approximate surface area is 152 Å². The van der Waals surface area contributed by atoms with E-state index in [1.54, 1.807) is 0 Å². The summed E-state index contributed by atoms with van der Waals surface area (Å²) in [5, 5.41) is 3.29. The van der Waals surface area contributed by atoms with E-state index >= 15 is 0 Å². The fourth-order valence-corrected chi connectivity index (χ4v) is 4.73. The molecule has 1 atom stereocenters. The van der Waals surface area contributed by atoms with Crippen LogP contribution in [0.15, 0.2) is 0 Å². The number of likely N-dealkylation sites (tertiary alicyclic amines) is 1. The lowest BCUT2D eigenvalue weighted by atomic mass is 9.89. The van der Waals surface area contributed by atoms with E-state index in [0.29, 0.717) is 6.54 Å². The second kappa shape index (κ2) is 8.65. The molecule has 1 saturated carbocycles. The molecule has 0 bridgehead atoms. The van der Waals surface area contributed by atoms with Crippen molar-refractivity contribution in [2.45, 2.75) is 49.5 Å². The van der Waals surface area contributed by atoms with Gasteiger partial charge in [0, 0.05) is 38.8 Å². The first kappa shape index (κ1) is 21.4. The number of nitrogens with zero attached hydrogens (tertiary/aromatic N) is 1. The van der Waals surface area contributed by atoms with Crippen LogP contribution in [-0.2, 0) is 14.8 Å². The fraction of sp³-hybridized carbons (Fsp3) is 1.00. The highest BCUT2D eigenvalue weighted by Gasteiger charge is 2.39. The summed E-state index contributed by atoms with van der Waals surface area (Å²) in [7, 11) is -3.06. The summed E-state index contributed by atoms with van der Waals surface area (Å²) in [4.78, 5) is 2.37. The van der Waals surface area contributed by atoms with E-state index in [2.05, 4.69) is 21.9 Å². The van der Waals surface area contributed by atoms with Gasteiger partial charge in [-0.2, -0.15) is 0 Å². The standard InChI is InChI=1S/C14H27N3O3S.2ClH/c1-12(10-16-21(18,19)13-2-3-13)17-7-4-14(5-8-17)11-15-6-9-20-14;;/h12-13,15-16H,2-11H2,1H3;2*1H. The van der Waals surface area contributed by atoms with Crippen LogP contribution in [0.2, 0.25) is 0 Å². The summed E-state index contributed by atoms with van der Waals surface area (Å²) in [6, 6.07) is 0.243. The molecule has 2 aliphatic heterocycles. The molecule has 0 aromatic carbocycles. The van der Waals surface area contributed by atoms with E-state index in [4.69, 9.17) is 4.74 Å². The smallest absolute Gasteiger partial charge is 0.214 e. The van der Waals surface area contributed by atoms with Gasteiger partial charge in [-0.25, -0.2) is 13.1 Å². The average Bonchev–Trinajstić information content (AvgIpc) is 3.32. The molecule has 0 amide bonds. The Hall–Kier alpha value is 0.370. The quantitative estimate of drug-likeness (QED) is 0.725. The second-order valence-corrected chi connectivity index (χ2v) is 8.73. The Kier molecular flexibility index (Phi) is 8.05. The molecule has 23 heavy (non-hydrogen) atoms. The van der Waals surface area contributed by atoms with Gasteiger partial charge in [0.05, 0.1) is 17.5 Å². The van der Waals surface area contributed by atoms with Crippen molar-refractivity contribution in [1.29, 1.82) is 0 Å². The molecule has 9 heteroatoms. The zero-order chi connectivity index (χ0) is 14.9. The minimum absolute atomic E-state index is 0. The number of halogens is 2. The van der Waals surface area contributed by atoms with Gasteiger partial charge in [0.25, 0.3) is 0 Å². The lowest BCUT2D eigenvalue weighted by molar-refractivity contribution is -0.103. The minimum Gasteiger partial charge on any atom is -0.372 e. The third-order valence-corrected chi connectivity index (χ3v) is 6.93. The number of rotatable bonds is 5. The van der Waals surface area contributed by atoms with E-state index in [0.717, 1.165) is 58.5 Å². The zero-order valence-corrected chi connectivity index (χ0v) is 16.1. The first-order valence-electron chi connectivity index (χ1n) is 8.08. The van der Waals surface area contributed by atoms with Crippen molar-refractivity contribution >= 4 is 34.8 Å². The summed E-state index contributed by atoms with van der Waals surface area (Å²) in [6.07, 6.45) is 3.69. The van der Waals surface area contributed by atoms with E-state index in [-0.39, 0.29) is 41.7 Å². The van der Waals surface area contributed by atoms with Gasteiger partial charge in [-0.1, -0.05) is 0 Å². The Morgan fingerprint density at radius 1 is 1.30 bits per heavy atom. The third kappa shape index (κ3) is 5.42. The van der Waals surface area contributed by atoms with Gasteiger partial charge >= 0.3 is 0 Å². The summed E-state index contributed by atoms with van der Waals surface area (Å²) < 4.78 is 32.5. The normalized spacial score (nSPS) is 26.1. The topological polar surface area (TPSA) is 70.7 Å². The first-order chi connectivity index (χ1) is 10.0. The monoisotopic (exact) mass is 389 g/mol. The number of morpholine rings is 1. The molecule has 2 saturated heterocycles. The third-order valence-electron chi connectivity index (χ3n) is 5.01. The SMILES string of the molecule is CC(CNS(=O)(=O)C1CC1)N1CCC2(CC1)CNCCO2.Cl.Cl. The van der Waals surface area contributed by atoms with Crippen molar-refractivity contribution < 1.29 is 13.2 Å². The number of piperidine rings is 1. The van der Waals surface area contributed by atoms with Crippen LogP contribution in [0.3, 0.4) is 0 Å². The highest BCUT2D eigenvalue weighted by atomic mass is 35.5. The Morgan fingerprint density at radius 3 is 2.48 bits per heavy atom. The molecule has 138 valence electrons. The van der Waals surface area contributed by atoms with E-state index < -0.39 is 10.0 Å². The van der Waals surface area contributed by atoms with E-state index in [9.17, 15) is 8.42 Å². The van der Waals surface area contributed by atoms with Gasteiger partial charge < -0.3 is 10.1 Å². The summed E-state index contributed by atoms with van der Waals surface area (Å²) in [6.45, 7) is 7.28. The number of nitrogens with one attached hydrogen (secondary N) is 2. The number of ether oxygens (including phenoxy) is 1. The van der Waals surface area contributed by atoms with Crippen LogP contribution in [0.4, 0.5) is 0 Å². The molecule has 1 unspecified atom stereocenters. The zero-order valence-electron chi connectivity index (χ0n) is 13.6. The maximum Gasteiger partial charge on any atom is 0.214 e. The summed E-state index contributed by atoms with van der Waals surface area (Å²) in [5.41, 5.74) is 0.0159.